The molecule has 0 atom stereocenters. The molecule has 0 bridgehead atoms. The van der Waals surface area contributed by atoms with E-state index in [9.17, 15) is 9.59 Å². The molecule has 16 heavy (non-hydrogen) atoms. The van der Waals surface area contributed by atoms with Gasteiger partial charge >= 0.3 is 0 Å². The summed E-state index contributed by atoms with van der Waals surface area (Å²) in [6, 6.07) is 0. The molecule has 0 aromatic carbocycles. The third kappa shape index (κ3) is 8.99. The zero-order valence-corrected chi connectivity index (χ0v) is 10.4. The fraction of sp³-hybridized carbons (Fsp3) is 0.500. The first kappa shape index (κ1) is 14.4. The molecule has 4 heteroatoms. The van der Waals surface area contributed by atoms with Crippen molar-refractivity contribution in [1.82, 2.24) is 9.80 Å². The summed E-state index contributed by atoms with van der Waals surface area (Å²) in [7, 11) is 7.37. The highest BCUT2D eigenvalue weighted by Gasteiger charge is 2.01. The first-order valence-electron chi connectivity index (χ1n) is 5.16. The van der Waals surface area contributed by atoms with Gasteiger partial charge in [0.2, 0.25) is 0 Å². The number of carbonyl (C=O) groups excluding carboxylic acids is 2. The van der Waals surface area contributed by atoms with Crippen LogP contribution >= 0.6 is 0 Å². The molecule has 0 saturated heterocycles. The Hall–Kier alpha value is -1.58. The van der Waals surface area contributed by atoms with Crippen molar-refractivity contribution in [2.45, 2.75) is 12.8 Å². The summed E-state index contributed by atoms with van der Waals surface area (Å²) in [6.45, 7) is 0. The van der Waals surface area contributed by atoms with E-state index in [2.05, 4.69) is 0 Å². The highest BCUT2D eigenvalue weighted by molar-refractivity contribution is 5.96. The smallest absolute Gasteiger partial charge is 0.157 e. The van der Waals surface area contributed by atoms with Gasteiger partial charge in [-0.15, -0.1) is 0 Å². The summed E-state index contributed by atoms with van der Waals surface area (Å²) in [6.07, 6.45) is 6.87. The lowest BCUT2D eigenvalue weighted by molar-refractivity contribution is -0.119. The summed E-state index contributed by atoms with van der Waals surface area (Å²) in [4.78, 5) is 26.1. The van der Waals surface area contributed by atoms with Crippen LogP contribution in [0.3, 0.4) is 0 Å². The zero-order chi connectivity index (χ0) is 12.6. The summed E-state index contributed by atoms with van der Waals surface area (Å²) in [5.74, 6) is -0.0550. The van der Waals surface area contributed by atoms with E-state index >= 15 is 0 Å². The largest absolute Gasteiger partial charge is 0.383 e. The van der Waals surface area contributed by atoms with Crippen LogP contribution in [0.1, 0.15) is 12.8 Å². The predicted molar refractivity (Wildman–Crippen MR) is 64.9 cm³/mol. The lowest BCUT2D eigenvalue weighted by Crippen LogP contribution is -2.05. The number of ketones is 2. The molecule has 0 unspecified atom stereocenters. The summed E-state index contributed by atoms with van der Waals surface area (Å²) < 4.78 is 0. The van der Waals surface area contributed by atoms with Crippen LogP contribution in [-0.2, 0) is 9.59 Å². The van der Waals surface area contributed by atoms with Gasteiger partial charge in [-0.1, -0.05) is 0 Å². The molecule has 0 amide bonds. The Morgan fingerprint density at radius 3 is 1.38 bits per heavy atom. The topological polar surface area (TPSA) is 40.6 Å². The van der Waals surface area contributed by atoms with Crippen molar-refractivity contribution in [3.8, 4) is 0 Å². The van der Waals surface area contributed by atoms with Crippen LogP contribution in [0.4, 0.5) is 0 Å². The Bertz CT molecular complexity index is 261. The van der Waals surface area contributed by atoms with Gasteiger partial charge in [0.1, 0.15) is 0 Å². The highest BCUT2D eigenvalue weighted by atomic mass is 16.1. The van der Waals surface area contributed by atoms with E-state index in [-0.39, 0.29) is 24.4 Å². The van der Waals surface area contributed by atoms with E-state index in [1.807, 2.05) is 28.2 Å². The number of hydrogen-bond acceptors (Lipinski definition) is 4. The average molecular weight is 224 g/mol. The van der Waals surface area contributed by atoms with Gasteiger partial charge < -0.3 is 9.80 Å². The molecule has 0 aliphatic carbocycles. The van der Waals surface area contributed by atoms with E-state index < -0.39 is 0 Å². The third-order valence-corrected chi connectivity index (χ3v) is 1.73. The highest BCUT2D eigenvalue weighted by Crippen LogP contribution is 1.96. The number of hydrogen-bond donors (Lipinski definition) is 0. The molecule has 0 spiro atoms. The molecule has 0 aliphatic heterocycles. The lowest BCUT2D eigenvalue weighted by Gasteiger charge is -2.03. The quantitative estimate of drug-likeness (QED) is 0.606. The Balaban J connectivity index is 3.88. The maximum Gasteiger partial charge on any atom is 0.157 e. The van der Waals surface area contributed by atoms with Crippen LogP contribution < -0.4 is 0 Å². The van der Waals surface area contributed by atoms with E-state index in [1.165, 1.54) is 12.2 Å². The van der Waals surface area contributed by atoms with Crippen LogP contribution in [0.15, 0.2) is 24.6 Å². The Morgan fingerprint density at radius 2 is 1.12 bits per heavy atom. The molecule has 4 nitrogen and oxygen atoms in total. The molecule has 0 N–H and O–H groups in total. The second kappa shape index (κ2) is 7.68. The van der Waals surface area contributed by atoms with Crippen molar-refractivity contribution in [1.29, 1.82) is 0 Å². The molecular weight excluding hydrogens is 204 g/mol. The van der Waals surface area contributed by atoms with E-state index in [0.717, 1.165) is 0 Å². The maximum atomic E-state index is 11.3. The molecule has 0 heterocycles. The van der Waals surface area contributed by atoms with Gasteiger partial charge in [0, 0.05) is 53.4 Å². The van der Waals surface area contributed by atoms with Gasteiger partial charge in [-0.05, 0) is 12.2 Å². The van der Waals surface area contributed by atoms with Crippen LogP contribution in [0.5, 0.6) is 0 Å². The molecule has 0 rings (SSSR count). The molecular formula is C12H20N2O2. The molecule has 0 aromatic heterocycles. The zero-order valence-electron chi connectivity index (χ0n) is 10.4. The molecule has 0 aliphatic rings. The van der Waals surface area contributed by atoms with Gasteiger partial charge in [0.25, 0.3) is 0 Å². The van der Waals surface area contributed by atoms with Crippen LogP contribution in [0.2, 0.25) is 0 Å². The minimum absolute atomic E-state index is 0.0275. The monoisotopic (exact) mass is 224 g/mol. The fourth-order valence-corrected chi connectivity index (χ4v) is 0.877. The van der Waals surface area contributed by atoms with Crippen molar-refractivity contribution in [2.24, 2.45) is 0 Å². The Labute approximate surface area is 97.2 Å². The van der Waals surface area contributed by atoms with Crippen LogP contribution in [0.25, 0.3) is 0 Å². The van der Waals surface area contributed by atoms with Gasteiger partial charge in [-0.2, -0.15) is 0 Å². The normalized spacial score (nSPS) is 11.0. The van der Waals surface area contributed by atoms with E-state index in [4.69, 9.17) is 0 Å². The molecule has 0 aromatic rings. The van der Waals surface area contributed by atoms with E-state index in [0.29, 0.717) is 0 Å². The number of nitrogens with zero attached hydrogens (tertiary/aromatic N) is 2. The number of rotatable bonds is 7. The van der Waals surface area contributed by atoms with Crippen molar-refractivity contribution in [3.63, 3.8) is 0 Å². The third-order valence-electron chi connectivity index (χ3n) is 1.73. The van der Waals surface area contributed by atoms with Crippen molar-refractivity contribution < 1.29 is 9.59 Å². The Kier molecular flexibility index (Phi) is 6.92. The predicted octanol–water partition coefficient (Wildman–Crippen LogP) is 1.06. The summed E-state index contributed by atoms with van der Waals surface area (Å²) in [5, 5.41) is 0. The fourth-order valence-electron chi connectivity index (χ4n) is 0.877. The number of carbonyl (C=O) groups is 2. The maximum absolute atomic E-state index is 11.3. The SMILES string of the molecule is CN(C)C=CC(=O)CCC(=O)C=CN(C)C. The van der Waals surface area contributed by atoms with E-state index in [1.54, 1.807) is 22.2 Å². The van der Waals surface area contributed by atoms with Gasteiger partial charge in [0.05, 0.1) is 0 Å². The van der Waals surface area contributed by atoms with Crippen LogP contribution in [-0.4, -0.2) is 49.6 Å². The first-order valence-corrected chi connectivity index (χ1v) is 5.16. The minimum Gasteiger partial charge on any atom is -0.383 e. The van der Waals surface area contributed by atoms with Gasteiger partial charge in [-0.25, -0.2) is 0 Å². The second-order valence-electron chi connectivity index (χ2n) is 3.99. The number of allylic oxidation sites excluding steroid dienone is 2. The minimum atomic E-state index is -0.0275. The van der Waals surface area contributed by atoms with Crippen molar-refractivity contribution in [2.75, 3.05) is 28.2 Å². The lowest BCUT2D eigenvalue weighted by atomic mass is 10.1. The van der Waals surface area contributed by atoms with Crippen LogP contribution in [0, 0.1) is 0 Å². The van der Waals surface area contributed by atoms with Crippen molar-refractivity contribution >= 4 is 11.6 Å². The molecule has 0 saturated carbocycles. The second-order valence-corrected chi connectivity index (χ2v) is 3.99. The van der Waals surface area contributed by atoms with Crippen molar-refractivity contribution in [3.05, 3.63) is 24.6 Å². The van der Waals surface area contributed by atoms with Gasteiger partial charge in [-0.3, -0.25) is 9.59 Å². The first-order chi connectivity index (χ1) is 7.41. The summed E-state index contributed by atoms with van der Waals surface area (Å²) >= 11 is 0. The molecule has 0 fully saturated rings. The Morgan fingerprint density at radius 1 is 0.812 bits per heavy atom. The molecule has 90 valence electrons. The standard InChI is InChI=1S/C12H20N2O2/c1-13(2)9-7-11(15)5-6-12(16)8-10-14(3)4/h7-10H,5-6H2,1-4H3. The molecule has 0 radical (unpaired) electrons. The summed E-state index contributed by atoms with van der Waals surface area (Å²) in [5.41, 5.74) is 0. The average Bonchev–Trinajstić information content (AvgIpc) is 2.20. The van der Waals surface area contributed by atoms with Gasteiger partial charge in [0.15, 0.2) is 11.6 Å².